The molecule has 0 saturated heterocycles. The molecule has 1 amide bonds. The van der Waals surface area contributed by atoms with Crippen LogP contribution in [0, 0.1) is 0 Å². The van der Waals surface area contributed by atoms with Crippen molar-refractivity contribution in [2.45, 2.75) is 4.90 Å². The summed E-state index contributed by atoms with van der Waals surface area (Å²) < 4.78 is 0. The van der Waals surface area contributed by atoms with Crippen LogP contribution in [0.2, 0.25) is 0 Å². The number of nitrogens with one attached hydrogen (secondary N) is 2. The van der Waals surface area contributed by atoms with Gasteiger partial charge in [-0.1, -0.05) is 0 Å². The largest absolute Gasteiger partial charge is 0.397 e. The molecule has 0 aliphatic heterocycles. The van der Waals surface area contributed by atoms with E-state index < -0.39 is 0 Å². The number of benzene rings is 1. The van der Waals surface area contributed by atoms with Crippen LogP contribution in [0.25, 0.3) is 0 Å². The zero-order valence-electron chi connectivity index (χ0n) is 9.36. The van der Waals surface area contributed by atoms with E-state index in [4.69, 9.17) is 5.73 Å². The molecule has 0 spiro atoms. The van der Waals surface area contributed by atoms with Gasteiger partial charge in [-0.05, 0) is 36.6 Å². The molecule has 0 bridgehead atoms. The van der Waals surface area contributed by atoms with Gasteiger partial charge in [-0.15, -0.1) is 11.8 Å². The minimum absolute atomic E-state index is 0.196. The van der Waals surface area contributed by atoms with Crippen molar-refractivity contribution in [3.05, 3.63) is 42.2 Å². The molecule has 1 aromatic heterocycles. The van der Waals surface area contributed by atoms with Crippen molar-refractivity contribution in [3.63, 3.8) is 0 Å². The molecule has 2 rings (SSSR count). The first-order valence-electron chi connectivity index (χ1n) is 5.08. The number of rotatable bonds is 3. The lowest BCUT2D eigenvalue weighted by molar-refractivity contribution is 0.102. The highest BCUT2D eigenvalue weighted by Gasteiger charge is 2.07. The van der Waals surface area contributed by atoms with Gasteiger partial charge in [0.25, 0.3) is 5.91 Å². The maximum atomic E-state index is 11.8. The molecule has 0 radical (unpaired) electrons. The average molecular weight is 247 g/mol. The Balaban J connectivity index is 2.07. The summed E-state index contributed by atoms with van der Waals surface area (Å²) in [5.74, 6) is -0.196. The van der Waals surface area contributed by atoms with E-state index in [1.807, 2.05) is 30.5 Å². The maximum Gasteiger partial charge on any atom is 0.272 e. The Morgan fingerprint density at radius 1 is 1.35 bits per heavy atom. The number of amides is 1. The maximum absolute atomic E-state index is 11.8. The highest BCUT2D eigenvalue weighted by atomic mass is 32.2. The van der Waals surface area contributed by atoms with Crippen molar-refractivity contribution in [2.24, 2.45) is 0 Å². The molecule has 5 heteroatoms. The van der Waals surface area contributed by atoms with Gasteiger partial charge in [0.2, 0.25) is 0 Å². The molecule has 17 heavy (non-hydrogen) atoms. The Labute approximate surface area is 104 Å². The summed E-state index contributed by atoms with van der Waals surface area (Å²) in [5.41, 5.74) is 7.30. The van der Waals surface area contributed by atoms with Crippen molar-refractivity contribution in [2.75, 3.05) is 17.3 Å². The second-order valence-corrected chi connectivity index (χ2v) is 4.41. The molecule has 88 valence electrons. The Hall–Kier alpha value is -1.88. The van der Waals surface area contributed by atoms with Crippen LogP contribution in [-0.4, -0.2) is 17.1 Å². The van der Waals surface area contributed by atoms with E-state index in [9.17, 15) is 4.79 Å². The molecule has 4 N–H and O–H groups in total. The summed E-state index contributed by atoms with van der Waals surface area (Å²) in [6.07, 6.45) is 3.60. The van der Waals surface area contributed by atoms with Gasteiger partial charge in [0.15, 0.2) is 0 Å². The summed E-state index contributed by atoms with van der Waals surface area (Å²) in [6.45, 7) is 0. The SMILES string of the molecule is CSc1ccc(NC(=O)c2cc(N)c[nH]2)cc1. The minimum Gasteiger partial charge on any atom is -0.397 e. The normalized spacial score (nSPS) is 10.2. The predicted octanol–water partition coefficient (Wildman–Crippen LogP) is 2.57. The number of anilines is 2. The van der Waals surface area contributed by atoms with Crippen LogP contribution in [0.5, 0.6) is 0 Å². The molecule has 0 aliphatic rings. The number of nitrogens with two attached hydrogens (primary N) is 1. The monoisotopic (exact) mass is 247 g/mol. The molecule has 2 aromatic rings. The highest BCUT2D eigenvalue weighted by molar-refractivity contribution is 7.98. The number of carbonyl (C=O) groups excluding carboxylic acids is 1. The second-order valence-electron chi connectivity index (χ2n) is 3.53. The molecule has 4 nitrogen and oxygen atoms in total. The first-order chi connectivity index (χ1) is 8.19. The van der Waals surface area contributed by atoms with Crippen molar-refractivity contribution in [1.29, 1.82) is 0 Å². The Kier molecular flexibility index (Phi) is 3.39. The first kappa shape index (κ1) is 11.6. The number of hydrogen-bond donors (Lipinski definition) is 3. The zero-order valence-corrected chi connectivity index (χ0v) is 10.2. The topological polar surface area (TPSA) is 70.9 Å². The van der Waals surface area contributed by atoms with E-state index in [1.54, 1.807) is 24.0 Å². The van der Waals surface area contributed by atoms with Crippen LogP contribution in [0.1, 0.15) is 10.5 Å². The molecule has 0 fully saturated rings. The van der Waals surface area contributed by atoms with E-state index in [0.717, 1.165) is 10.6 Å². The summed E-state index contributed by atoms with van der Waals surface area (Å²) in [4.78, 5) is 15.7. The summed E-state index contributed by atoms with van der Waals surface area (Å²) in [7, 11) is 0. The fourth-order valence-electron chi connectivity index (χ4n) is 1.41. The van der Waals surface area contributed by atoms with Crippen LogP contribution in [0.4, 0.5) is 11.4 Å². The molecule has 0 aliphatic carbocycles. The van der Waals surface area contributed by atoms with E-state index in [2.05, 4.69) is 10.3 Å². The third kappa shape index (κ3) is 2.82. The smallest absolute Gasteiger partial charge is 0.272 e. The van der Waals surface area contributed by atoms with Gasteiger partial charge >= 0.3 is 0 Å². The lowest BCUT2D eigenvalue weighted by atomic mass is 10.3. The van der Waals surface area contributed by atoms with Gasteiger partial charge in [0.1, 0.15) is 5.69 Å². The number of aromatic amines is 1. The average Bonchev–Trinajstić information content (AvgIpc) is 2.77. The van der Waals surface area contributed by atoms with Crippen molar-refractivity contribution in [3.8, 4) is 0 Å². The third-order valence-electron chi connectivity index (χ3n) is 2.30. The standard InChI is InChI=1S/C12H13N3OS/c1-17-10-4-2-9(3-5-10)15-12(16)11-6-8(13)7-14-11/h2-7,14H,13H2,1H3,(H,15,16). The quantitative estimate of drug-likeness (QED) is 0.730. The fourth-order valence-corrected chi connectivity index (χ4v) is 1.82. The van der Waals surface area contributed by atoms with E-state index >= 15 is 0 Å². The second kappa shape index (κ2) is 4.97. The van der Waals surface area contributed by atoms with Crippen molar-refractivity contribution >= 4 is 29.0 Å². The van der Waals surface area contributed by atoms with Crippen LogP contribution >= 0.6 is 11.8 Å². The minimum atomic E-state index is -0.196. The van der Waals surface area contributed by atoms with E-state index in [1.165, 1.54) is 0 Å². The molecular formula is C12H13N3OS. The van der Waals surface area contributed by atoms with Crippen LogP contribution in [0.15, 0.2) is 41.4 Å². The van der Waals surface area contributed by atoms with Gasteiger partial charge in [-0.25, -0.2) is 0 Å². The summed E-state index contributed by atoms with van der Waals surface area (Å²) in [5, 5.41) is 2.79. The number of carbonyl (C=O) groups is 1. The summed E-state index contributed by atoms with van der Waals surface area (Å²) in [6, 6.07) is 9.27. The summed E-state index contributed by atoms with van der Waals surface area (Å²) >= 11 is 1.66. The molecule has 0 saturated carbocycles. The number of aromatic nitrogens is 1. The van der Waals surface area contributed by atoms with Crippen LogP contribution < -0.4 is 11.1 Å². The number of H-pyrrole nitrogens is 1. The Morgan fingerprint density at radius 2 is 2.06 bits per heavy atom. The Bertz CT molecular complexity index is 519. The van der Waals surface area contributed by atoms with Gasteiger partial charge < -0.3 is 16.0 Å². The number of hydrogen-bond acceptors (Lipinski definition) is 3. The van der Waals surface area contributed by atoms with Gasteiger partial charge in [-0.2, -0.15) is 0 Å². The molecule has 1 heterocycles. The zero-order chi connectivity index (χ0) is 12.3. The van der Waals surface area contributed by atoms with Crippen molar-refractivity contribution < 1.29 is 4.79 Å². The van der Waals surface area contributed by atoms with Gasteiger partial charge in [0.05, 0.1) is 0 Å². The predicted molar refractivity (Wildman–Crippen MR) is 71.4 cm³/mol. The molecular weight excluding hydrogens is 234 g/mol. The van der Waals surface area contributed by atoms with Crippen LogP contribution in [0.3, 0.4) is 0 Å². The van der Waals surface area contributed by atoms with E-state index in [-0.39, 0.29) is 5.91 Å². The van der Waals surface area contributed by atoms with Crippen LogP contribution in [-0.2, 0) is 0 Å². The number of nitrogen functional groups attached to an aromatic ring is 1. The number of thioether (sulfide) groups is 1. The van der Waals surface area contributed by atoms with Gasteiger partial charge in [-0.3, -0.25) is 4.79 Å². The third-order valence-corrected chi connectivity index (χ3v) is 3.04. The van der Waals surface area contributed by atoms with Gasteiger partial charge in [0, 0.05) is 22.5 Å². The molecule has 0 atom stereocenters. The fraction of sp³-hybridized carbons (Fsp3) is 0.0833. The highest BCUT2D eigenvalue weighted by Crippen LogP contribution is 2.18. The first-order valence-corrected chi connectivity index (χ1v) is 6.31. The lowest BCUT2D eigenvalue weighted by Crippen LogP contribution is -2.11. The Morgan fingerprint density at radius 3 is 2.59 bits per heavy atom. The molecule has 1 aromatic carbocycles. The molecule has 0 unspecified atom stereocenters. The lowest BCUT2D eigenvalue weighted by Gasteiger charge is -2.04. The van der Waals surface area contributed by atoms with Crippen molar-refractivity contribution in [1.82, 2.24) is 4.98 Å². The van der Waals surface area contributed by atoms with E-state index in [0.29, 0.717) is 11.4 Å².